The van der Waals surface area contributed by atoms with Gasteiger partial charge < -0.3 is 5.11 Å². The zero-order chi connectivity index (χ0) is 12.4. The van der Waals surface area contributed by atoms with Crippen molar-refractivity contribution < 1.29 is 9.90 Å². The number of hydrogen-bond donors (Lipinski definition) is 1. The van der Waals surface area contributed by atoms with E-state index in [1.54, 1.807) is 6.07 Å². The summed E-state index contributed by atoms with van der Waals surface area (Å²) in [5.41, 5.74) is 3.39. The monoisotopic (exact) mass is 228 g/mol. The first-order valence-corrected chi connectivity index (χ1v) is 5.22. The molecule has 2 aromatic rings. The lowest BCUT2D eigenvalue weighted by molar-refractivity contribution is 0.0696. The van der Waals surface area contributed by atoms with Gasteiger partial charge in [-0.3, -0.25) is 9.97 Å². The maximum atomic E-state index is 10.8. The number of carbonyl (C=O) groups is 1. The minimum absolute atomic E-state index is 0.193. The third-order valence-electron chi connectivity index (χ3n) is 2.46. The molecule has 0 saturated heterocycles. The molecule has 4 nitrogen and oxygen atoms in total. The van der Waals surface area contributed by atoms with E-state index in [4.69, 9.17) is 5.11 Å². The number of pyridine rings is 2. The quantitative estimate of drug-likeness (QED) is 0.857. The molecule has 0 aliphatic rings. The maximum Gasteiger partial charge on any atom is 0.337 e. The summed E-state index contributed by atoms with van der Waals surface area (Å²) in [4.78, 5) is 19.3. The Morgan fingerprint density at radius 3 is 2.65 bits per heavy atom. The van der Waals surface area contributed by atoms with Gasteiger partial charge in [-0.2, -0.15) is 0 Å². The average Bonchev–Trinajstić information content (AvgIpc) is 2.28. The molecule has 0 fully saturated rings. The molecule has 2 aromatic heterocycles. The van der Waals surface area contributed by atoms with Crippen molar-refractivity contribution >= 4 is 5.97 Å². The number of nitrogens with zero attached hydrogens (tertiary/aromatic N) is 2. The van der Waals surface area contributed by atoms with Gasteiger partial charge in [0.1, 0.15) is 0 Å². The van der Waals surface area contributed by atoms with Crippen LogP contribution >= 0.6 is 0 Å². The van der Waals surface area contributed by atoms with Crippen LogP contribution in [0.25, 0.3) is 11.4 Å². The van der Waals surface area contributed by atoms with Gasteiger partial charge >= 0.3 is 5.97 Å². The molecule has 17 heavy (non-hydrogen) atoms. The lowest BCUT2D eigenvalue weighted by Crippen LogP contribution is -2.00. The summed E-state index contributed by atoms with van der Waals surface area (Å²) < 4.78 is 0. The van der Waals surface area contributed by atoms with Gasteiger partial charge in [-0.1, -0.05) is 6.07 Å². The molecule has 86 valence electrons. The van der Waals surface area contributed by atoms with Gasteiger partial charge in [0.05, 0.1) is 17.0 Å². The Morgan fingerprint density at radius 1 is 1.29 bits per heavy atom. The molecule has 0 aliphatic carbocycles. The summed E-state index contributed by atoms with van der Waals surface area (Å²) in [7, 11) is 0. The van der Waals surface area contributed by atoms with Crippen LogP contribution in [-0.2, 0) is 0 Å². The van der Waals surface area contributed by atoms with E-state index >= 15 is 0 Å². The number of carboxylic acids is 1. The van der Waals surface area contributed by atoms with E-state index < -0.39 is 5.97 Å². The third-order valence-corrected chi connectivity index (χ3v) is 2.46. The normalized spacial score (nSPS) is 10.2. The van der Waals surface area contributed by atoms with Crippen LogP contribution in [0.15, 0.2) is 30.5 Å². The fraction of sp³-hybridized carbons (Fsp3) is 0.154. The van der Waals surface area contributed by atoms with Gasteiger partial charge in [0, 0.05) is 11.9 Å². The summed E-state index contributed by atoms with van der Waals surface area (Å²) in [6, 6.07) is 7.28. The van der Waals surface area contributed by atoms with Crippen LogP contribution in [0.5, 0.6) is 0 Å². The smallest absolute Gasteiger partial charge is 0.337 e. The van der Waals surface area contributed by atoms with Crippen LogP contribution in [0.4, 0.5) is 0 Å². The van der Waals surface area contributed by atoms with E-state index in [-0.39, 0.29) is 5.56 Å². The Labute approximate surface area is 99.0 Å². The summed E-state index contributed by atoms with van der Waals surface area (Å²) in [5, 5.41) is 8.86. The summed E-state index contributed by atoms with van der Waals surface area (Å²) >= 11 is 0. The molecule has 0 atom stereocenters. The van der Waals surface area contributed by atoms with Crippen LogP contribution in [0, 0.1) is 13.8 Å². The Balaban J connectivity index is 2.50. The Kier molecular flexibility index (Phi) is 2.87. The van der Waals surface area contributed by atoms with E-state index in [1.807, 2.05) is 32.0 Å². The highest BCUT2D eigenvalue weighted by Gasteiger charge is 2.09. The van der Waals surface area contributed by atoms with Crippen molar-refractivity contribution in [2.24, 2.45) is 0 Å². The first kappa shape index (κ1) is 11.3. The highest BCUT2D eigenvalue weighted by molar-refractivity contribution is 5.88. The Morgan fingerprint density at radius 2 is 2.06 bits per heavy atom. The van der Waals surface area contributed by atoms with Crippen molar-refractivity contribution in [3.63, 3.8) is 0 Å². The lowest BCUT2D eigenvalue weighted by atomic mass is 10.1. The molecule has 0 spiro atoms. The Bertz CT molecular complexity index is 579. The molecule has 0 saturated carbocycles. The molecule has 2 heterocycles. The fourth-order valence-corrected chi connectivity index (χ4v) is 1.63. The second-order valence-electron chi connectivity index (χ2n) is 3.86. The molecular formula is C13H12N2O2. The van der Waals surface area contributed by atoms with Crippen molar-refractivity contribution in [2.45, 2.75) is 13.8 Å². The van der Waals surface area contributed by atoms with Crippen LogP contribution < -0.4 is 0 Å². The van der Waals surface area contributed by atoms with Crippen LogP contribution in [0.3, 0.4) is 0 Å². The van der Waals surface area contributed by atoms with Gasteiger partial charge in [0.2, 0.25) is 0 Å². The highest BCUT2D eigenvalue weighted by Crippen LogP contribution is 2.19. The predicted molar refractivity (Wildman–Crippen MR) is 63.9 cm³/mol. The second kappa shape index (κ2) is 4.33. The topological polar surface area (TPSA) is 63.1 Å². The van der Waals surface area contributed by atoms with Crippen molar-refractivity contribution in [3.05, 3.63) is 47.3 Å². The molecule has 2 rings (SSSR count). The highest BCUT2D eigenvalue weighted by atomic mass is 16.4. The first-order chi connectivity index (χ1) is 8.08. The van der Waals surface area contributed by atoms with E-state index in [2.05, 4.69) is 9.97 Å². The molecule has 0 aliphatic heterocycles. The maximum absolute atomic E-state index is 10.8. The van der Waals surface area contributed by atoms with Crippen molar-refractivity contribution in [3.8, 4) is 11.4 Å². The molecular weight excluding hydrogens is 216 g/mol. The van der Waals surface area contributed by atoms with Crippen molar-refractivity contribution in [1.82, 2.24) is 9.97 Å². The minimum atomic E-state index is -0.968. The first-order valence-electron chi connectivity index (χ1n) is 5.22. The van der Waals surface area contributed by atoms with Gasteiger partial charge in [-0.05, 0) is 37.6 Å². The van der Waals surface area contributed by atoms with Crippen LogP contribution in [0.2, 0.25) is 0 Å². The van der Waals surface area contributed by atoms with E-state index in [0.29, 0.717) is 0 Å². The second-order valence-corrected chi connectivity index (χ2v) is 3.86. The standard InChI is InChI=1S/C13H12N2O2/c1-8-6-10(13(16)17)7-14-12(8)11-5-3-4-9(2)15-11/h3-7H,1-2H3,(H,16,17). The minimum Gasteiger partial charge on any atom is -0.478 e. The summed E-state index contributed by atoms with van der Waals surface area (Å²) in [6.07, 6.45) is 1.36. The number of aromatic nitrogens is 2. The lowest BCUT2D eigenvalue weighted by Gasteiger charge is -2.05. The van der Waals surface area contributed by atoms with E-state index in [0.717, 1.165) is 22.6 Å². The van der Waals surface area contributed by atoms with Gasteiger partial charge in [-0.25, -0.2) is 4.79 Å². The number of carboxylic acid groups (broad SMARTS) is 1. The average molecular weight is 228 g/mol. The molecule has 1 N–H and O–H groups in total. The molecule has 0 radical (unpaired) electrons. The van der Waals surface area contributed by atoms with Gasteiger partial charge in [0.25, 0.3) is 0 Å². The van der Waals surface area contributed by atoms with E-state index in [1.165, 1.54) is 6.20 Å². The number of rotatable bonds is 2. The number of aryl methyl sites for hydroxylation is 2. The third kappa shape index (κ3) is 2.30. The molecule has 0 bridgehead atoms. The largest absolute Gasteiger partial charge is 0.478 e. The van der Waals surface area contributed by atoms with Gasteiger partial charge in [0.15, 0.2) is 0 Å². The Hall–Kier alpha value is -2.23. The van der Waals surface area contributed by atoms with Crippen LogP contribution in [0.1, 0.15) is 21.6 Å². The van der Waals surface area contributed by atoms with Gasteiger partial charge in [-0.15, -0.1) is 0 Å². The van der Waals surface area contributed by atoms with Crippen molar-refractivity contribution in [1.29, 1.82) is 0 Å². The van der Waals surface area contributed by atoms with Crippen LogP contribution in [-0.4, -0.2) is 21.0 Å². The predicted octanol–water partition coefficient (Wildman–Crippen LogP) is 2.46. The number of aromatic carboxylic acids is 1. The van der Waals surface area contributed by atoms with Crippen molar-refractivity contribution in [2.75, 3.05) is 0 Å². The SMILES string of the molecule is Cc1cccc(-c2ncc(C(=O)O)cc2C)n1. The molecule has 4 heteroatoms. The fourth-order valence-electron chi connectivity index (χ4n) is 1.63. The summed E-state index contributed by atoms with van der Waals surface area (Å²) in [5.74, 6) is -0.968. The molecule has 0 unspecified atom stereocenters. The van der Waals surface area contributed by atoms with E-state index in [9.17, 15) is 4.79 Å². The zero-order valence-corrected chi connectivity index (χ0v) is 9.64. The summed E-state index contributed by atoms with van der Waals surface area (Å²) in [6.45, 7) is 3.74. The molecule has 0 amide bonds. The number of hydrogen-bond acceptors (Lipinski definition) is 3. The molecule has 0 aromatic carbocycles. The zero-order valence-electron chi connectivity index (χ0n) is 9.64.